The molecule has 0 spiro atoms. The van der Waals surface area contributed by atoms with Gasteiger partial charge in [-0.25, -0.2) is 5.84 Å². The SMILES string of the molecule is C/C(=N/NC(=S)NN)C1CCCCCCCCCCC1. The van der Waals surface area contributed by atoms with Crippen LogP contribution < -0.4 is 16.7 Å². The number of nitrogens with zero attached hydrogens (tertiary/aromatic N) is 1. The third kappa shape index (κ3) is 7.80. The van der Waals surface area contributed by atoms with Crippen LogP contribution in [0.1, 0.15) is 77.6 Å². The van der Waals surface area contributed by atoms with Crippen LogP contribution in [0.3, 0.4) is 0 Å². The third-order valence-electron chi connectivity index (χ3n) is 4.16. The topological polar surface area (TPSA) is 62.4 Å². The lowest BCUT2D eigenvalue weighted by Crippen LogP contribution is -2.37. The van der Waals surface area contributed by atoms with Crippen molar-refractivity contribution in [3.8, 4) is 0 Å². The molecule has 116 valence electrons. The molecule has 0 aromatic heterocycles. The summed E-state index contributed by atoms with van der Waals surface area (Å²) < 4.78 is 0. The molecular weight excluding hydrogens is 268 g/mol. The molecule has 0 atom stereocenters. The Balaban J connectivity index is 2.46. The lowest BCUT2D eigenvalue weighted by atomic mass is 9.90. The van der Waals surface area contributed by atoms with Gasteiger partial charge in [-0.15, -0.1) is 0 Å². The Kier molecular flexibility index (Phi) is 9.58. The van der Waals surface area contributed by atoms with Gasteiger partial charge in [0.25, 0.3) is 0 Å². The number of hydrogen-bond acceptors (Lipinski definition) is 3. The molecule has 0 aliphatic heterocycles. The van der Waals surface area contributed by atoms with E-state index in [0.717, 1.165) is 5.71 Å². The third-order valence-corrected chi connectivity index (χ3v) is 4.37. The van der Waals surface area contributed by atoms with Crippen LogP contribution in [0, 0.1) is 5.92 Å². The molecule has 0 radical (unpaired) electrons. The quantitative estimate of drug-likeness (QED) is 0.315. The molecule has 0 aromatic carbocycles. The molecule has 5 heteroatoms. The van der Waals surface area contributed by atoms with Gasteiger partial charge >= 0.3 is 0 Å². The lowest BCUT2D eigenvalue weighted by Gasteiger charge is -2.18. The van der Waals surface area contributed by atoms with Crippen LogP contribution in [0.4, 0.5) is 0 Å². The summed E-state index contributed by atoms with van der Waals surface area (Å²) in [6, 6.07) is 0. The summed E-state index contributed by atoms with van der Waals surface area (Å²) >= 11 is 4.94. The smallest absolute Gasteiger partial charge is 0.201 e. The number of hydrazine groups is 1. The van der Waals surface area contributed by atoms with E-state index >= 15 is 0 Å². The van der Waals surface area contributed by atoms with E-state index in [2.05, 4.69) is 22.9 Å². The summed E-state index contributed by atoms with van der Waals surface area (Å²) in [5.41, 5.74) is 6.34. The fraction of sp³-hybridized carbons (Fsp3) is 0.867. The minimum Gasteiger partial charge on any atom is -0.300 e. The predicted molar refractivity (Wildman–Crippen MR) is 90.4 cm³/mol. The minimum absolute atomic E-state index is 0.373. The van der Waals surface area contributed by atoms with Crippen molar-refractivity contribution in [2.24, 2.45) is 16.9 Å². The Morgan fingerprint density at radius 1 is 0.950 bits per heavy atom. The number of rotatable bonds is 2. The summed E-state index contributed by atoms with van der Waals surface area (Å²) in [6.45, 7) is 2.10. The van der Waals surface area contributed by atoms with Gasteiger partial charge in [0.2, 0.25) is 5.11 Å². The number of nitrogens with two attached hydrogens (primary N) is 1. The highest BCUT2D eigenvalue weighted by atomic mass is 32.1. The highest BCUT2D eigenvalue weighted by molar-refractivity contribution is 7.80. The van der Waals surface area contributed by atoms with Crippen LogP contribution in [-0.4, -0.2) is 10.8 Å². The van der Waals surface area contributed by atoms with Gasteiger partial charge in [-0.05, 0) is 37.9 Å². The monoisotopic (exact) mass is 298 g/mol. The maximum Gasteiger partial charge on any atom is 0.201 e. The van der Waals surface area contributed by atoms with Gasteiger partial charge < -0.3 is 0 Å². The summed E-state index contributed by atoms with van der Waals surface area (Å²) in [7, 11) is 0. The zero-order valence-corrected chi connectivity index (χ0v) is 13.6. The van der Waals surface area contributed by atoms with Crippen molar-refractivity contribution in [1.29, 1.82) is 0 Å². The van der Waals surface area contributed by atoms with E-state index in [9.17, 15) is 0 Å². The average molecular weight is 298 g/mol. The normalized spacial score (nSPS) is 20.6. The Morgan fingerprint density at radius 3 is 1.85 bits per heavy atom. The zero-order valence-electron chi connectivity index (χ0n) is 12.8. The number of hydrogen-bond donors (Lipinski definition) is 3. The van der Waals surface area contributed by atoms with Gasteiger partial charge in [-0.3, -0.25) is 10.9 Å². The zero-order chi connectivity index (χ0) is 14.6. The summed E-state index contributed by atoms with van der Waals surface area (Å²) in [6.07, 6.45) is 14.9. The molecule has 4 N–H and O–H groups in total. The second kappa shape index (κ2) is 11.0. The predicted octanol–water partition coefficient (Wildman–Crippen LogP) is 3.62. The maximum atomic E-state index is 5.23. The maximum absolute atomic E-state index is 5.23. The first-order valence-corrected chi connectivity index (χ1v) is 8.45. The van der Waals surface area contributed by atoms with Gasteiger partial charge in [0.05, 0.1) is 0 Å². The second-order valence-electron chi connectivity index (χ2n) is 5.79. The van der Waals surface area contributed by atoms with Crippen LogP contribution >= 0.6 is 12.2 Å². The largest absolute Gasteiger partial charge is 0.300 e. The van der Waals surface area contributed by atoms with Gasteiger partial charge in [0, 0.05) is 5.71 Å². The van der Waals surface area contributed by atoms with E-state index in [4.69, 9.17) is 18.1 Å². The molecule has 0 bridgehead atoms. The molecule has 0 heterocycles. The van der Waals surface area contributed by atoms with E-state index in [1.807, 2.05) is 0 Å². The molecule has 4 nitrogen and oxygen atoms in total. The van der Waals surface area contributed by atoms with Crippen molar-refractivity contribution >= 4 is 23.0 Å². The first-order valence-electron chi connectivity index (χ1n) is 8.05. The molecule has 0 unspecified atom stereocenters. The number of hydrazone groups is 1. The van der Waals surface area contributed by atoms with Crippen molar-refractivity contribution in [2.45, 2.75) is 77.6 Å². The summed E-state index contributed by atoms with van der Waals surface area (Å²) in [5, 5.41) is 4.74. The molecule has 0 aromatic rings. The first-order chi connectivity index (χ1) is 9.74. The van der Waals surface area contributed by atoms with Crippen LogP contribution in [0.2, 0.25) is 0 Å². The highest BCUT2D eigenvalue weighted by Crippen LogP contribution is 2.22. The summed E-state index contributed by atoms with van der Waals surface area (Å²) in [5.74, 6) is 5.82. The fourth-order valence-corrected chi connectivity index (χ4v) is 2.89. The highest BCUT2D eigenvalue weighted by Gasteiger charge is 2.13. The molecule has 1 rings (SSSR count). The van der Waals surface area contributed by atoms with Crippen molar-refractivity contribution in [1.82, 2.24) is 10.9 Å². The first kappa shape index (κ1) is 17.4. The molecule has 1 aliphatic rings. The van der Waals surface area contributed by atoms with Crippen LogP contribution in [0.5, 0.6) is 0 Å². The fourth-order valence-electron chi connectivity index (χ4n) is 2.84. The minimum atomic E-state index is 0.373. The second-order valence-corrected chi connectivity index (χ2v) is 6.20. The molecule has 1 aliphatic carbocycles. The lowest BCUT2D eigenvalue weighted by molar-refractivity contribution is 0.463. The summed E-state index contributed by atoms with van der Waals surface area (Å²) in [4.78, 5) is 0. The Hall–Kier alpha value is -0.680. The van der Waals surface area contributed by atoms with Gasteiger partial charge in [-0.1, -0.05) is 57.8 Å². The number of nitrogens with one attached hydrogen (secondary N) is 2. The van der Waals surface area contributed by atoms with Crippen LogP contribution in [-0.2, 0) is 0 Å². The van der Waals surface area contributed by atoms with Crippen LogP contribution in [0.25, 0.3) is 0 Å². The molecule has 0 amide bonds. The molecule has 1 saturated carbocycles. The van der Waals surface area contributed by atoms with Gasteiger partial charge in [0.1, 0.15) is 0 Å². The van der Waals surface area contributed by atoms with Crippen molar-refractivity contribution in [2.75, 3.05) is 0 Å². The standard InChI is InChI=1S/C15H30N4S/c1-13(18-19-15(20)17-16)14-11-9-7-5-3-2-4-6-8-10-12-14/h14H,2-12,16H2,1H3,(H2,17,19,20)/b18-13-. The van der Waals surface area contributed by atoms with Crippen molar-refractivity contribution < 1.29 is 0 Å². The van der Waals surface area contributed by atoms with Crippen molar-refractivity contribution in [3.63, 3.8) is 0 Å². The van der Waals surface area contributed by atoms with Gasteiger partial charge in [0.15, 0.2) is 0 Å². The van der Waals surface area contributed by atoms with E-state index in [0.29, 0.717) is 11.0 Å². The number of thiocarbonyl (C=S) groups is 1. The average Bonchev–Trinajstić information content (AvgIpc) is 2.45. The Morgan fingerprint density at radius 2 is 1.40 bits per heavy atom. The molecule has 0 saturated heterocycles. The van der Waals surface area contributed by atoms with Gasteiger partial charge in [-0.2, -0.15) is 5.10 Å². The van der Waals surface area contributed by atoms with E-state index in [1.165, 1.54) is 70.6 Å². The van der Waals surface area contributed by atoms with Crippen LogP contribution in [0.15, 0.2) is 5.10 Å². The molecule has 20 heavy (non-hydrogen) atoms. The molecular formula is C15H30N4S. The Bertz CT molecular complexity index is 292. The van der Waals surface area contributed by atoms with E-state index < -0.39 is 0 Å². The van der Waals surface area contributed by atoms with Crippen molar-refractivity contribution in [3.05, 3.63) is 0 Å². The molecule has 1 fully saturated rings. The Labute approximate surface area is 128 Å². The van der Waals surface area contributed by atoms with E-state index in [-0.39, 0.29) is 0 Å². The van der Waals surface area contributed by atoms with E-state index in [1.54, 1.807) is 0 Å².